The molecule has 1 aromatic carbocycles. The van der Waals surface area contributed by atoms with Gasteiger partial charge in [-0.15, -0.1) is 0 Å². The van der Waals surface area contributed by atoms with Crippen LogP contribution in [-0.2, 0) is 26.1 Å². The number of aliphatic carboxylic acids is 1. The van der Waals surface area contributed by atoms with Crippen molar-refractivity contribution in [3.63, 3.8) is 0 Å². The van der Waals surface area contributed by atoms with Gasteiger partial charge in [0.05, 0.1) is 5.41 Å². The largest absolute Gasteiger partial charge is 0.481 e. The minimum atomic E-state index is -0.945. The molecule has 2 rings (SSSR count). The molecule has 1 amide bonds. The number of hydrogen-bond donors (Lipinski definition) is 2. The molecule has 1 fully saturated rings. The minimum absolute atomic E-state index is 0.00622. The highest BCUT2D eigenvalue weighted by molar-refractivity contribution is 7.83. The van der Waals surface area contributed by atoms with Gasteiger partial charge >= 0.3 is 5.97 Å². The van der Waals surface area contributed by atoms with Crippen LogP contribution in [0.15, 0.2) is 24.3 Å². The molecule has 1 saturated carbocycles. The van der Waals surface area contributed by atoms with Crippen LogP contribution in [0, 0.1) is 5.41 Å². The predicted molar refractivity (Wildman–Crippen MR) is 86.0 cm³/mol. The predicted octanol–water partition coefficient (Wildman–Crippen LogP) is 2.54. The molecule has 0 heterocycles. The third kappa shape index (κ3) is 4.16. The van der Waals surface area contributed by atoms with Crippen LogP contribution in [0.4, 0.5) is 5.69 Å². The Morgan fingerprint density at radius 1 is 1.32 bits per heavy atom. The lowest BCUT2D eigenvalue weighted by Gasteiger charge is -2.22. The molecule has 0 bridgehead atoms. The summed E-state index contributed by atoms with van der Waals surface area (Å²) < 4.78 is 11.3. The van der Waals surface area contributed by atoms with E-state index < -0.39 is 22.2 Å². The average molecular weight is 323 g/mol. The first-order valence-corrected chi connectivity index (χ1v) is 9.06. The topological polar surface area (TPSA) is 83.5 Å². The third-order valence-corrected chi connectivity index (χ3v) is 4.83. The van der Waals surface area contributed by atoms with Crippen molar-refractivity contribution in [1.29, 1.82) is 0 Å². The number of rotatable bonds is 6. The monoisotopic (exact) mass is 323 g/mol. The van der Waals surface area contributed by atoms with E-state index >= 15 is 0 Å². The van der Waals surface area contributed by atoms with E-state index in [0.29, 0.717) is 24.3 Å². The molecular weight excluding hydrogens is 302 g/mol. The molecule has 22 heavy (non-hydrogen) atoms. The lowest BCUT2D eigenvalue weighted by molar-refractivity contribution is -0.150. The number of hydrogen-bond acceptors (Lipinski definition) is 3. The fourth-order valence-electron chi connectivity index (χ4n) is 3.00. The molecule has 0 aromatic heterocycles. The van der Waals surface area contributed by atoms with Gasteiger partial charge in [-0.2, -0.15) is 0 Å². The van der Waals surface area contributed by atoms with E-state index in [1.54, 1.807) is 24.5 Å². The van der Waals surface area contributed by atoms with Gasteiger partial charge in [0.25, 0.3) is 0 Å². The summed E-state index contributed by atoms with van der Waals surface area (Å²) in [5.74, 6) is -0.725. The fourth-order valence-corrected chi connectivity index (χ4v) is 3.65. The summed E-state index contributed by atoms with van der Waals surface area (Å²) in [6.07, 6.45) is 4.47. The highest BCUT2D eigenvalue weighted by Gasteiger charge is 2.42. The Bertz CT molecular complexity index is 594. The smallest absolute Gasteiger partial charge is 0.310 e. The third-order valence-electron chi connectivity index (χ3n) is 4.09. The summed E-state index contributed by atoms with van der Waals surface area (Å²) in [6, 6.07) is 7.18. The highest BCUT2D eigenvalue weighted by atomic mass is 32.2. The van der Waals surface area contributed by atoms with Crippen LogP contribution in [0.25, 0.3) is 0 Å². The molecule has 0 saturated heterocycles. The maximum Gasteiger partial charge on any atom is 0.310 e. The standard InChI is InChI=1S/C16H21NO4S/c1-22(21)11-12-5-4-6-13(9-12)17-14(18)10-16(15(19)20)7-2-3-8-16/h4-6,9H,2-3,7-8,10-11H2,1H3,(H,17,18)(H,19,20)/t22-/m0/s1. The molecule has 1 aliphatic rings. The molecule has 5 nitrogen and oxygen atoms in total. The second-order valence-corrected chi connectivity index (χ2v) is 7.37. The normalized spacial score (nSPS) is 17.9. The first-order valence-electron chi connectivity index (χ1n) is 7.33. The minimum Gasteiger partial charge on any atom is -0.481 e. The quantitative estimate of drug-likeness (QED) is 0.842. The second-order valence-electron chi connectivity index (χ2n) is 5.94. The van der Waals surface area contributed by atoms with Crippen LogP contribution in [0.5, 0.6) is 0 Å². The molecular formula is C16H21NO4S. The van der Waals surface area contributed by atoms with Crippen molar-refractivity contribution in [3.05, 3.63) is 29.8 Å². The highest BCUT2D eigenvalue weighted by Crippen LogP contribution is 2.41. The zero-order valence-corrected chi connectivity index (χ0v) is 13.4. The summed E-state index contributed by atoms with van der Waals surface area (Å²) in [5, 5.41) is 12.2. The number of nitrogens with one attached hydrogen (secondary N) is 1. The van der Waals surface area contributed by atoms with E-state index in [-0.39, 0.29) is 12.3 Å². The Hall–Kier alpha value is -1.69. The molecule has 0 radical (unpaired) electrons. The molecule has 0 aliphatic heterocycles. The molecule has 1 atom stereocenters. The van der Waals surface area contributed by atoms with E-state index in [1.165, 1.54) is 0 Å². The molecule has 1 aromatic rings. The van der Waals surface area contributed by atoms with E-state index in [0.717, 1.165) is 18.4 Å². The van der Waals surface area contributed by atoms with Gasteiger partial charge in [-0.25, -0.2) is 0 Å². The van der Waals surface area contributed by atoms with Gasteiger partial charge in [-0.3, -0.25) is 13.8 Å². The van der Waals surface area contributed by atoms with Gasteiger partial charge in [0, 0.05) is 34.9 Å². The van der Waals surface area contributed by atoms with Gasteiger partial charge in [0.1, 0.15) is 0 Å². The molecule has 2 N–H and O–H groups in total. The average Bonchev–Trinajstić information content (AvgIpc) is 2.88. The zero-order valence-electron chi connectivity index (χ0n) is 12.6. The van der Waals surface area contributed by atoms with Crippen LogP contribution in [0.2, 0.25) is 0 Å². The van der Waals surface area contributed by atoms with E-state index in [9.17, 15) is 18.9 Å². The Labute approximate surface area is 132 Å². The number of anilines is 1. The summed E-state index contributed by atoms with van der Waals surface area (Å²) in [7, 11) is -0.945. The van der Waals surface area contributed by atoms with Gasteiger partial charge in [-0.05, 0) is 30.5 Å². The number of carboxylic acid groups (broad SMARTS) is 1. The number of carbonyl (C=O) groups excluding carboxylic acids is 1. The van der Waals surface area contributed by atoms with Gasteiger partial charge in [0.15, 0.2) is 0 Å². The summed E-state index contributed by atoms with van der Waals surface area (Å²) in [4.78, 5) is 23.7. The van der Waals surface area contributed by atoms with Crippen LogP contribution in [-0.4, -0.2) is 27.4 Å². The van der Waals surface area contributed by atoms with Crippen molar-refractivity contribution < 1.29 is 18.9 Å². The first kappa shape index (κ1) is 16.7. The molecule has 120 valence electrons. The maximum absolute atomic E-state index is 12.2. The van der Waals surface area contributed by atoms with Crippen LogP contribution < -0.4 is 5.32 Å². The molecule has 0 unspecified atom stereocenters. The fraction of sp³-hybridized carbons (Fsp3) is 0.500. The molecule has 0 spiro atoms. The van der Waals surface area contributed by atoms with Crippen molar-refractivity contribution in [2.24, 2.45) is 5.41 Å². The summed E-state index contributed by atoms with van der Waals surface area (Å²) in [5.41, 5.74) is 0.589. The SMILES string of the molecule is C[S@](=O)Cc1cccc(NC(=O)CC2(C(=O)O)CCCC2)c1. The van der Waals surface area contributed by atoms with Crippen LogP contribution in [0.3, 0.4) is 0 Å². The Kier molecular flexibility index (Phi) is 5.34. The van der Waals surface area contributed by atoms with Crippen molar-refractivity contribution >= 4 is 28.4 Å². The van der Waals surface area contributed by atoms with Crippen molar-refractivity contribution in [2.75, 3.05) is 11.6 Å². The van der Waals surface area contributed by atoms with Crippen LogP contribution in [0.1, 0.15) is 37.7 Å². The number of benzene rings is 1. The number of amides is 1. The number of carbonyl (C=O) groups is 2. The molecule has 6 heteroatoms. The van der Waals surface area contributed by atoms with Crippen molar-refractivity contribution in [1.82, 2.24) is 0 Å². The van der Waals surface area contributed by atoms with Crippen LogP contribution >= 0.6 is 0 Å². The number of carboxylic acids is 1. The van der Waals surface area contributed by atoms with E-state index in [1.807, 2.05) is 6.07 Å². The lowest BCUT2D eigenvalue weighted by atomic mass is 9.82. The van der Waals surface area contributed by atoms with E-state index in [2.05, 4.69) is 5.32 Å². The Morgan fingerprint density at radius 3 is 2.59 bits per heavy atom. The summed E-state index contributed by atoms with van der Waals surface area (Å²) >= 11 is 0. The molecule has 1 aliphatic carbocycles. The first-order chi connectivity index (χ1) is 10.4. The van der Waals surface area contributed by atoms with Gasteiger partial charge in [-0.1, -0.05) is 25.0 Å². The Balaban J connectivity index is 2.02. The van der Waals surface area contributed by atoms with Crippen molar-refractivity contribution in [2.45, 2.75) is 37.9 Å². The maximum atomic E-state index is 12.2. The van der Waals surface area contributed by atoms with Gasteiger partial charge < -0.3 is 10.4 Å². The Morgan fingerprint density at radius 2 is 2.00 bits per heavy atom. The zero-order chi connectivity index (χ0) is 16.2. The van der Waals surface area contributed by atoms with E-state index in [4.69, 9.17) is 0 Å². The lowest BCUT2D eigenvalue weighted by Crippen LogP contribution is -2.32. The summed E-state index contributed by atoms with van der Waals surface area (Å²) in [6.45, 7) is 0. The van der Waals surface area contributed by atoms with Crippen molar-refractivity contribution in [3.8, 4) is 0 Å². The second kappa shape index (κ2) is 7.05. The van der Waals surface area contributed by atoms with Gasteiger partial charge in [0.2, 0.25) is 5.91 Å².